The second-order valence-corrected chi connectivity index (χ2v) is 5.53. The van der Waals surface area contributed by atoms with Crippen LogP contribution in [0, 0.1) is 23.7 Å². The van der Waals surface area contributed by atoms with Gasteiger partial charge in [-0.05, 0) is 30.6 Å². The zero-order valence-electron chi connectivity index (χ0n) is 10.6. The van der Waals surface area contributed by atoms with E-state index in [1.807, 2.05) is 0 Å². The van der Waals surface area contributed by atoms with E-state index in [0.29, 0.717) is 18.9 Å². The van der Waals surface area contributed by atoms with Gasteiger partial charge in [-0.15, -0.1) is 0 Å². The predicted octanol–water partition coefficient (Wildman–Crippen LogP) is 1.35. The SMILES string of the molecule is CC(C)C1C(=O)NC(=O)CC1C1CCCOC1. The highest BCUT2D eigenvalue weighted by Gasteiger charge is 2.42. The zero-order valence-corrected chi connectivity index (χ0v) is 10.6. The standard InChI is InChI=1S/C13H21NO3/c1-8(2)12-10(6-11(15)14-13(12)16)9-4-3-5-17-7-9/h8-10,12H,3-7H2,1-2H3,(H,14,15,16). The normalized spacial score (nSPS) is 34.9. The van der Waals surface area contributed by atoms with Crippen molar-refractivity contribution in [2.24, 2.45) is 23.7 Å². The first-order chi connectivity index (χ1) is 8.09. The Labute approximate surface area is 102 Å². The van der Waals surface area contributed by atoms with Gasteiger partial charge in [-0.3, -0.25) is 14.9 Å². The van der Waals surface area contributed by atoms with E-state index in [1.54, 1.807) is 0 Å². The van der Waals surface area contributed by atoms with Gasteiger partial charge in [0.15, 0.2) is 0 Å². The van der Waals surface area contributed by atoms with Crippen molar-refractivity contribution in [1.82, 2.24) is 5.32 Å². The highest BCUT2D eigenvalue weighted by molar-refractivity contribution is 5.99. The quantitative estimate of drug-likeness (QED) is 0.740. The molecule has 1 N–H and O–H groups in total. The average Bonchev–Trinajstić information content (AvgIpc) is 2.28. The van der Waals surface area contributed by atoms with Crippen LogP contribution in [0.1, 0.15) is 33.1 Å². The van der Waals surface area contributed by atoms with Gasteiger partial charge in [0.25, 0.3) is 0 Å². The third-order valence-electron chi connectivity index (χ3n) is 3.97. The van der Waals surface area contributed by atoms with Gasteiger partial charge in [0.05, 0.1) is 0 Å². The van der Waals surface area contributed by atoms with E-state index in [-0.39, 0.29) is 29.6 Å². The molecule has 0 bridgehead atoms. The fourth-order valence-electron chi connectivity index (χ4n) is 3.17. The monoisotopic (exact) mass is 239 g/mol. The Morgan fingerprint density at radius 1 is 1.35 bits per heavy atom. The van der Waals surface area contributed by atoms with Crippen LogP contribution < -0.4 is 5.32 Å². The maximum Gasteiger partial charge on any atom is 0.230 e. The third kappa shape index (κ3) is 2.68. The van der Waals surface area contributed by atoms with Crippen LogP contribution >= 0.6 is 0 Å². The molecule has 3 atom stereocenters. The Morgan fingerprint density at radius 3 is 2.71 bits per heavy atom. The molecule has 2 heterocycles. The van der Waals surface area contributed by atoms with E-state index in [9.17, 15) is 9.59 Å². The second kappa shape index (κ2) is 5.17. The Bertz CT molecular complexity index is 308. The Hall–Kier alpha value is -0.900. The molecule has 0 spiro atoms. The molecule has 2 rings (SSSR count). The lowest BCUT2D eigenvalue weighted by molar-refractivity contribution is -0.143. The van der Waals surface area contributed by atoms with Crippen molar-refractivity contribution in [3.05, 3.63) is 0 Å². The van der Waals surface area contributed by atoms with Crippen LogP contribution in [0.5, 0.6) is 0 Å². The summed E-state index contributed by atoms with van der Waals surface area (Å²) in [5.74, 6) is 0.548. The van der Waals surface area contributed by atoms with Gasteiger partial charge in [0.1, 0.15) is 0 Å². The number of ether oxygens (including phenoxy) is 1. The molecule has 2 saturated heterocycles. The molecule has 4 nitrogen and oxygen atoms in total. The predicted molar refractivity (Wildman–Crippen MR) is 63.1 cm³/mol. The zero-order chi connectivity index (χ0) is 12.4. The first kappa shape index (κ1) is 12.6. The number of nitrogens with one attached hydrogen (secondary N) is 1. The fourth-order valence-corrected chi connectivity index (χ4v) is 3.17. The van der Waals surface area contributed by atoms with Crippen molar-refractivity contribution >= 4 is 11.8 Å². The summed E-state index contributed by atoms with van der Waals surface area (Å²) in [6.07, 6.45) is 2.60. The van der Waals surface area contributed by atoms with Crippen molar-refractivity contribution in [3.63, 3.8) is 0 Å². The van der Waals surface area contributed by atoms with Crippen LogP contribution in [0.15, 0.2) is 0 Å². The topological polar surface area (TPSA) is 55.4 Å². The first-order valence-corrected chi connectivity index (χ1v) is 6.51. The summed E-state index contributed by atoms with van der Waals surface area (Å²) >= 11 is 0. The molecule has 0 aromatic rings. The Morgan fingerprint density at radius 2 is 2.12 bits per heavy atom. The lowest BCUT2D eigenvalue weighted by Gasteiger charge is -2.39. The molecule has 4 heteroatoms. The molecule has 0 aliphatic carbocycles. The summed E-state index contributed by atoms with van der Waals surface area (Å²) in [5.41, 5.74) is 0. The maximum absolute atomic E-state index is 11.9. The van der Waals surface area contributed by atoms with Crippen molar-refractivity contribution < 1.29 is 14.3 Å². The van der Waals surface area contributed by atoms with Crippen molar-refractivity contribution in [2.75, 3.05) is 13.2 Å². The van der Waals surface area contributed by atoms with Gasteiger partial charge in [-0.2, -0.15) is 0 Å². The summed E-state index contributed by atoms with van der Waals surface area (Å²) in [5, 5.41) is 2.46. The molecule has 0 aromatic carbocycles. The molecule has 96 valence electrons. The summed E-state index contributed by atoms with van der Waals surface area (Å²) in [6, 6.07) is 0. The van der Waals surface area contributed by atoms with Gasteiger partial charge in [-0.25, -0.2) is 0 Å². The summed E-state index contributed by atoms with van der Waals surface area (Å²) in [4.78, 5) is 23.4. The molecule has 17 heavy (non-hydrogen) atoms. The summed E-state index contributed by atoms with van der Waals surface area (Å²) in [6.45, 7) is 5.62. The Balaban J connectivity index is 2.14. The molecule has 2 aliphatic heterocycles. The van der Waals surface area contributed by atoms with E-state index in [2.05, 4.69) is 19.2 Å². The number of piperidine rings is 1. The number of amides is 2. The third-order valence-corrected chi connectivity index (χ3v) is 3.97. The molecule has 0 saturated carbocycles. The van der Waals surface area contributed by atoms with Crippen LogP contribution in [-0.4, -0.2) is 25.0 Å². The largest absolute Gasteiger partial charge is 0.381 e. The molecular formula is C13H21NO3. The van der Waals surface area contributed by atoms with Crippen LogP contribution in [0.2, 0.25) is 0 Å². The van der Waals surface area contributed by atoms with E-state index < -0.39 is 0 Å². The molecule has 0 aromatic heterocycles. The highest BCUT2D eigenvalue weighted by atomic mass is 16.5. The van der Waals surface area contributed by atoms with E-state index in [0.717, 1.165) is 19.4 Å². The molecule has 3 unspecified atom stereocenters. The van der Waals surface area contributed by atoms with Gasteiger partial charge < -0.3 is 4.74 Å². The fraction of sp³-hybridized carbons (Fsp3) is 0.846. The van der Waals surface area contributed by atoms with Crippen LogP contribution in [0.3, 0.4) is 0 Å². The van der Waals surface area contributed by atoms with Crippen molar-refractivity contribution in [1.29, 1.82) is 0 Å². The number of carbonyl (C=O) groups is 2. The molecule has 2 aliphatic rings. The van der Waals surface area contributed by atoms with Gasteiger partial charge >= 0.3 is 0 Å². The summed E-state index contributed by atoms with van der Waals surface area (Å²) < 4.78 is 5.49. The summed E-state index contributed by atoms with van der Waals surface area (Å²) in [7, 11) is 0. The molecule has 2 amide bonds. The van der Waals surface area contributed by atoms with E-state index in [1.165, 1.54) is 0 Å². The van der Waals surface area contributed by atoms with Crippen molar-refractivity contribution in [2.45, 2.75) is 33.1 Å². The van der Waals surface area contributed by atoms with Gasteiger partial charge in [0, 0.05) is 25.6 Å². The minimum absolute atomic E-state index is 0.0422. The van der Waals surface area contributed by atoms with Gasteiger partial charge in [-0.1, -0.05) is 13.8 Å². The number of imide groups is 1. The van der Waals surface area contributed by atoms with Gasteiger partial charge in [0.2, 0.25) is 11.8 Å². The maximum atomic E-state index is 11.9. The lowest BCUT2D eigenvalue weighted by atomic mass is 9.70. The van der Waals surface area contributed by atoms with Crippen LogP contribution in [-0.2, 0) is 14.3 Å². The van der Waals surface area contributed by atoms with Crippen molar-refractivity contribution in [3.8, 4) is 0 Å². The second-order valence-electron chi connectivity index (χ2n) is 5.53. The molecular weight excluding hydrogens is 218 g/mol. The number of rotatable bonds is 2. The minimum atomic E-state index is -0.123. The first-order valence-electron chi connectivity index (χ1n) is 6.51. The van der Waals surface area contributed by atoms with Crippen LogP contribution in [0.4, 0.5) is 0 Å². The highest BCUT2D eigenvalue weighted by Crippen LogP contribution is 2.36. The van der Waals surface area contributed by atoms with E-state index >= 15 is 0 Å². The lowest BCUT2D eigenvalue weighted by Crippen LogP contribution is -2.50. The van der Waals surface area contributed by atoms with E-state index in [4.69, 9.17) is 4.74 Å². The van der Waals surface area contributed by atoms with Crippen LogP contribution in [0.25, 0.3) is 0 Å². The smallest absolute Gasteiger partial charge is 0.230 e. The molecule has 0 radical (unpaired) electrons. The number of hydrogen-bond donors (Lipinski definition) is 1. The molecule has 2 fully saturated rings. The average molecular weight is 239 g/mol. The minimum Gasteiger partial charge on any atom is -0.381 e. The number of carbonyl (C=O) groups excluding carboxylic acids is 2. The Kier molecular flexibility index (Phi) is 3.82. The number of hydrogen-bond acceptors (Lipinski definition) is 3.